The molecule has 0 aliphatic carbocycles. The van der Waals surface area contributed by atoms with Crippen molar-refractivity contribution in [1.29, 1.82) is 0 Å². The van der Waals surface area contributed by atoms with Crippen LogP contribution in [0, 0.1) is 0 Å². The predicted octanol–water partition coefficient (Wildman–Crippen LogP) is 3.41. The molecule has 2 aromatic carbocycles. The SMILES string of the molecule is CC(=O)N1CCCCC1C(O)COc1ccc(OCc2ccccc2)cc1. The Labute approximate surface area is 160 Å². The van der Waals surface area contributed by atoms with Crippen molar-refractivity contribution in [1.82, 2.24) is 4.90 Å². The highest BCUT2D eigenvalue weighted by molar-refractivity contribution is 5.73. The minimum Gasteiger partial charge on any atom is -0.491 e. The van der Waals surface area contributed by atoms with E-state index in [4.69, 9.17) is 9.47 Å². The van der Waals surface area contributed by atoms with Gasteiger partial charge in [0.2, 0.25) is 5.91 Å². The molecule has 1 amide bonds. The fourth-order valence-corrected chi connectivity index (χ4v) is 3.41. The number of aliphatic hydroxyl groups excluding tert-OH is 1. The van der Waals surface area contributed by atoms with Gasteiger partial charge in [-0.05, 0) is 49.1 Å². The molecule has 3 rings (SSSR count). The maximum atomic E-state index is 11.7. The first-order chi connectivity index (χ1) is 13.1. The summed E-state index contributed by atoms with van der Waals surface area (Å²) in [7, 11) is 0. The molecule has 1 aliphatic heterocycles. The fraction of sp³-hybridized carbons (Fsp3) is 0.409. The van der Waals surface area contributed by atoms with E-state index in [2.05, 4.69) is 0 Å². The topological polar surface area (TPSA) is 59.0 Å². The maximum Gasteiger partial charge on any atom is 0.219 e. The molecule has 27 heavy (non-hydrogen) atoms. The number of likely N-dealkylation sites (tertiary alicyclic amines) is 1. The number of aliphatic hydroxyl groups is 1. The van der Waals surface area contributed by atoms with Gasteiger partial charge in [0, 0.05) is 13.5 Å². The van der Waals surface area contributed by atoms with Crippen molar-refractivity contribution in [3.63, 3.8) is 0 Å². The van der Waals surface area contributed by atoms with Gasteiger partial charge in [-0.3, -0.25) is 4.79 Å². The number of amides is 1. The van der Waals surface area contributed by atoms with E-state index >= 15 is 0 Å². The van der Waals surface area contributed by atoms with Crippen molar-refractivity contribution >= 4 is 5.91 Å². The molecule has 144 valence electrons. The van der Waals surface area contributed by atoms with Crippen LogP contribution < -0.4 is 9.47 Å². The molecular formula is C22H27NO4. The minimum absolute atomic E-state index is 0.0127. The number of nitrogens with zero attached hydrogens (tertiary/aromatic N) is 1. The summed E-state index contributed by atoms with van der Waals surface area (Å²) in [6.07, 6.45) is 2.15. The lowest BCUT2D eigenvalue weighted by Gasteiger charge is -2.37. The Morgan fingerprint density at radius 3 is 2.41 bits per heavy atom. The first-order valence-corrected chi connectivity index (χ1v) is 9.48. The first-order valence-electron chi connectivity index (χ1n) is 9.48. The van der Waals surface area contributed by atoms with Crippen LogP contribution in [-0.4, -0.2) is 41.2 Å². The van der Waals surface area contributed by atoms with Crippen molar-refractivity contribution < 1.29 is 19.4 Å². The largest absolute Gasteiger partial charge is 0.491 e. The summed E-state index contributed by atoms with van der Waals surface area (Å²) < 4.78 is 11.5. The zero-order chi connectivity index (χ0) is 19.1. The highest BCUT2D eigenvalue weighted by atomic mass is 16.5. The molecule has 2 aromatic rings. The van der Waals surface area contributed by atoms with E-state index in [1.54, 1.807) is 11.8 Å². The van der Waals surface area contributed by atoms with Gasteiger partial charge in [0.05, 0.1) is 6.04 Å². The Kier molecular flexibility index (Phi) is 6.71. The molecule has 0 saturated carbocycles. The van der Waals surface area contributed by atoms with Gasteiger partial charge in [0.15, 0.2) is 0 Å². The highest BCUT2D eigenvalue weighted by Gasteiger charge is 2.30. The Morgan fingerprint density at radius 2 is 1.74 bits per heavy atom. The molecule has 2 atom stereocenters. The second-order valence-electron chi connectivity index (χ2n) is 6.90. The molecule has 0 aromatic heterocycles. The summed E-state index contributed by atoms with van der Waals surface area (Å²) in [5.74, 6) is 1.45. The van der Waals surface area contributed by atoms with E-state index < -0.39 is 6.10 Å². The summed E-state index contributed by atoms with van der Waals surface area (Å²) in [4.78, 5) is 13.5. The van der Waals surface area contributed by atoms with Gasteiger partial charge in [0.25, 0.3) is 0 Å². The van der Waals surface area contributed by atoms with Crippen molar-refractivity contribution in [2.24, 2.45) is 0 Å². The molecule has 0 radical (unpaired) electrons. The van der Waals surface area contributed by atoms with Crippen LogP contribution in [0.2, 0.25) is 0 Å². The summed E-state index contributed by atoms with van der Waals surface area (Å²) in [6, 6.07) is 17.2. The minimum atomic E-state index is -0.691. The third-order valence-corrected chi connectivity index (χ3v) is 4.89. The quantitative estimate of drug-likeness (QED) is 0.813. The van der Waals surface area contributed by atoms with E-state index in [0.717, 1.165) is 30.6 Å². The summed E-state index contributed by atoms with van der Waals surface area (Å²) in [6.45, 7) is 2.95. The second kappa shape index (κ2) is 9.42. The third kappa shape index (κ3) is 5.47. The number of benzene rings is 2. The van der Waals surface area contributed by atoms with E-state index in [9.17, 15) is 9.90 Å². The third-order valence-electron chi connectivity index (χ3n) is 4.89. The van der Waals surface area contributed by atoms with Crippen molar-refractivity contribution in [2.75, 3.05) is 13.2 Å². The van der Waals surface area contributed by atoms with Crippen molar-refractivity contribution in [2.45, 2.75) is 44.9 Å². The molecule has 1 aliphatic rings. The van der Waals surface area contributed by atoms with Crippen LogP contribution in [0.1, 0.15) is 31.7 Å². The van der Waals surface area contributed by atoms with Gasteiger partial charge in [0.1, 0.15) is 30.8 Å². The number of rotatable bonds is 7. The molecule has 1 fully saturated rings. The van der Waals surface area contributed by atoms with Crippen LogP contribution in [0.15, 0.2) is 54.6 Å². The number of ether oxygens (including phenoxy) is 2. The number of hydrogen-bond donors (Lipinski definition) is 1. The average Bonchev–Trinajstić information content (AvgIpc) is 2.72. The van der Waals surface area contributed by atoms with Gasteiger partial charge in [-0.2, -0.15) is 0 Å². The molecule has 5 nitrogen and oxygen atoms in total. The van der Waals surface area contributed by atoms with Crippen LogP contribution in [0.3, 0.4) is 0 Å². The predicted molar refractivity (Wildman–Crippen MR) is 104 cm³/mol. The molecule has 1 heterocycles. The van der Waals surface area contributed by atoms with Crippen molar-refractivity contribution in [3.8, 4) is 11.5 Å². The van der Waals surface area contributed by atoms with Crippen LogP contribution in [0.4, 0.5) is 0 Å². The lowest BCUT2D eigenvalue weighted by atomic mass is 9.97. The molecule has 1 N–H and O–H groups in total. The molecular weight excluding hydrogens is 342 g/mol. The normalized spacial score (nSPS) is 18.0. The number of carbonyl (C=O) groups is 1. The summed E-state index contributed by atoms with van der Waals surface area (Å²) in [5.41, 5.74) is 1.11. The van der Waals surface area contributed by atoms with E-state index in [-0.39, 0.29) is 18.6 Å². The molecule has 1 saturated heterocycles. The summed E-state index contributed by atoms with van der Waals surface area (Å²) in [5, 5.41) is 10.5. The van der Waals surface area contributed by atoms with Gasteiger partial charge < -0.3 is 19.5 Å². The van der Waals surface area contributed by atoms with E-state index in [1.165, 1.54) is 0 Å². The zero-order valence-electron chi connectivity index (χ0n) is 15.7. The zero-order valence-corrected chi connectivity index (χ0v) is 15.7. The molecule has 0 spiro atoms. The smallest absolute Gasteiger partial charge is 0.219 e. The second-order valence-corrected chi connectivity index (χ2v) is 6.90. The number of hydrogen-bond acceptors (Lipinski definition) is 4. The molecule has 2 unspecified atom stereocenters. The number of piperidine rings is 1. The standard InChI is InChI=1S/C22H27NO4/c1-17(24)23-14-6-5-9-21(23)22(25)16-27-20-12-10-19(11-13-20)26-15-18-7-3-2-4-8-18/h2-4,7-8,10-13,21-22,25H,5-6,9,14-16H2,1H3. The van der Waals surface area contributed by atoms with E-state index in [0.29, 0.717) is 18.9 Å². The van der Waals surface area contributed by atoms with Crippen LogP contribution in [-0.2, 0) is 11.4 Å². The Balaban J connectivity index is 1.48. The molecule has 0 bridgehead atoms. The van der Waals surface area contributed by atoms with Gasteiger partial charge in [-0.15, -0.1) is 0 Å². The van der Waals surface area contributed by atoms with Crippen LogP contribution >= 0.6 is 0 Å². The van der Waals surface area contributed by atoms with Crippen LogP contribution in [0.5, 0.6) is 11.5 Å². The van der Waals surface area contributed by atoms with Crippen molar-refractivity contribution in [3.05, 3.63) is 60.2 Å². The van der Waals surface area contributed by atoms with Gasteiger partial charge >= 0.3 is 0 Å². The molecule has 5 heteroatoms. The summed E-state index contributed by atoms with van der Waals surface area (Å²) >= 11 is 0. The highest BCUT2D eigenvalue weighted by Crippen LogP contribution is 2.22. The first kappa shape index (κ1) is 19.2. The monoisotopic (exact) mass is 369 g/mol. The fourth-order valence-electron chi connectivity index (χ4n) is 3.41. The Morgan fingerprint density at radius 1 is 1.07 bits per heavy atom. The Bertz CT molecular complexity index is 717. The average molecular weight is 369 g/mol. The number of carbonyl (C=O) groups excluding carboxylic acids is 1. The maximum absolute atomic E-state index is 11.7. The van der Waals surface area contributed by atoms with Gasteiger partial charge in [-0.1, -0.05) is 30.3 Å². The van der Waals surface area contributed by atoms with Gasteiger partial charge in [-0.25, -0.2) is 0 Å². The lowest BCUT2D eigenvalue weighted by Crippen LogP contribution is -2.50. The Hall–Kier alpha value is -2.53. The lowest BCUT2D eigenvalue weighted by molar-refractivity contribution is -0.136. The van der Waals surface area contributed by atoms with E-state index in [1.807, 2.05) is 54.6 Å². The van der Waals surface area contributed by atoms with Crippen LogP contribution in [0.25, 0.3) is 0 Å².